The Morgan fingerprint density at radius 3 is 3.05 bits per heavy atom. The summed E-state index contributed by atoms with van der Waals surface area (Å²) in [5, 5.41) is 13.5. The van der Waals surface area contributed by atoms with E-state index in [9.17, 15) is 4.79 Å². The Bertz CT molecular complexity index is 564. The van der Waals surface area contributed by atoms with Crippen LogP contribution in [0.4, 0.5) is 5.69 Å². The number of amides is 1. The van der Waals surface area contributed by atoms with Crippen molar-refractivity contribution in [1.29, 1.82) is 0 Å². The van der Waals surface area contributed by atoms with Crippen LogP contribution in [0.25, 0.3) is 11.5 Å². The highest BCUT2D eigenvalue weighted by molar-refractivity contribution is 5.91. The third-order valence-corrected chi connectivity index (χ3v) is 3.09. The molecule has 1 aliphatic rings. The molecule has 0 bridgehead atoms. The van der Waals surface area contributed by atoms with Gasteiger partial charge < -0.3 is 15.1 Å². The fourth-order valence-corrected chi connectivity index (χ4v) is 2.00. The number of anilines is 1. The van der Waals surface area contributed by atoms with E-state index in [0.717, 1.165) is 24.3 Å². The van der Waals surface area contributed by atoms with Crippen LogP contribution in [0.15, 0.2) is 35.1 Å². The zero-order valence-corrected chi connectivity index (χ0v) is 10.3. The molecule has 0 saturated carbocycles. The highest BCUT2D eigenvalue weighted by Crippen LogP contribution is 2.20. The predicted octanol–water partition coefficient (Wildman–Crippen LogP) is 1.28. The summed E-state index contributed by atoms with van der Waals surface area (Å²) in [5.41, 5.74) is 1.54. The molecule has 0 atom stereocenters. The number of aromatic nitrogens is 2. The van der Waals surface area contributed by atoms with E-state index in [4.69, 9.17) is 4.42 Å². The lowest BCUT2D eigenvalue weighted by Gasteiger charge is -2.26. The Morgan fingerprint density at radius 1 is 1.47 bits per heavy atom. The number of carbonyl (C=O) groups is 1. The van der Waals surface area contributed by atoms with Crippen LogP contribution >= 0.6 is 0 Å². The van der Waals surface area contributed by atoms with Crippen LogP contribution in [0, 0.1) is 5.92 Å². The summed E-state index contributed by atoms with van der Waals surface area (Å²) < 4.78 is 5.13. The summed E-state index contributed by atoms with van der Waals surface area (Å²) in [7, 11) is 0. The van der Waals surface area contributed by atoms with Crippen LogP contribution in [0.1, 0.15) is 6.42 Å². The maximum atomic E-state index is 11.8. The summed E-state index contributed by atoms with van der Waals surface area (Å²) in [6.07, 6.45) is 1.84. The molecule has 1 saturated heterocycles. The first kappa shape index (κ1) is 11.9. The topological polar surface area (TPSA) is 80.0 Å². The van der Waals surface area contributed by atoms with Gasteiger partial charge in [0.2, 0.25) is 18.2 Å². The normalized spacial score (nSPS) is 14.9. The van der Waals surface area contributed by atoms with Gasteiger partial charge in [-0.25, -0.2) is 0 Å². The van der Waals surface area contributed by atoms with Crippen molar-refractivity contribution >= 4 is 11.6 Å². The Hall–Kier alpha value is -2.21. The number of hydrogen-bond donors (Lipinski definition) is 2. The maximum absolute atomic E-state index is 11.8. The second-order valence-corrected chi connectivity index (χ2v) is 4.60. The molecule has 2 heterocycles. The Balaban J connectivity index is 1.67. The lowest BCUT2D eigenvalue weighted by molar-refractivity contribution is -0.117. The minimum absolute atomic E-state index is 0.0363. The number of rotatable bonds is 4. The molecule has 1 aliphatic heterocycles. The molecule has 1 aromatic heterocycles. The first-order chi connectivity index (χ1) is 9.31. The van der Waals surface area contributed by atoms with Crippen molar-refractivity contribution in [3.63, 3.8) is 0 Å². The molecule has 6 heteroatoms. The molecule has 19 heavy (non-hydrogen) atoms. The van der Waals surface area contributed by atoms with Crippen molar-refractivity contribution in [3.05, 3.63) is 30.7 Å². The summed E-state index contributed by atoms with van der Waals surface area (Å²) in [6, 6.07) is 7.38. The summed E-state index contributed by atoms with van der Waals surface area (Å²) in [4.78, 5) is 11.8. The van der Waals surface area contributed by atoms with Gasteiger partial charge in [-0.15, -0.1) is 10.2 Å². The van der Waals surface area contributed by atoms with E-state index in [-0.39, 0.29) is 5.91 Å². The molecule has 0 radical (unpaired) electrons. The van der Waals surface area contributed by atoms with E-state index in [1.165, 1.54) is 6.39 Å². The molecular formula is C13H14N4O2. The Labute approximate surface area is 110 Å². The average Bonchev–Trinajstić information content (AvgIpc) is 2.88. The van der Waals surface area contributed by atoms with Crippen molar-refractivity contribution < 1.29 is 9.21 Å². The van der Waals surface area contributed by atoms with Gasteiger partial charge in [-0.3, -0.25) is 4.79 Å². The number of hydrogen-bond acceptors (Lipinski definition) is 5. The molecule has 0 aliphatic carbocycles. The third kappa shape index (κ3) is 2.79. The van der Waals surface area contributed by atoms with E-state index in [1.807, 2.05) is 24.3 Å². The van der Waals surface area contributed by atoms with Gasteiger partial charge in [-0.05, 0) is 37.2 Å². The maximum Gasteiger partial charge on any atom is 0.247 e. The van der Waals surface area contributed by atoms with Gasteiger partial charge in [-0.2, -0.15) is 0 Å². The van der Waals surface area contributed by atoms with E-state index < -0.39 is 0 Å². The van der Waals surface area contributed by atoms with Gasteiger partial charge in [0.15, 0.2) is 0 Å². The van der Waals surface area contributed by atoms with E-state index >= 15 is 0 Å². The zero-order chi connectivity index (χ0) is 13.1. The molecule has 1 fully saturated rings. The third-order valence-electron chi connectivity index (χ3n) is 3.09. The van der Waals surface area contributed by atoms with Crippen molar-refractivity contribution in [1.82, 2.24) is 15.5 Å². The lowest BCUT2D eigenvalue weighted by atomic mass is 9.99. The summed E-state index contributed by atoms with van der Waals surface area (Å²) in [6.45, 7) is 1.85. The first-order valence-corrected chi connectivity index (χ1v) is 6.18. The minimum Gasteiger partial charge on any atom is -0.423 e. The molecule has 0 spiro atoms. The molecule has 2 N–H and O–H groups in total. The van der Waals surface area contributed by atoms with Crippen molar-refractivity contribution in [2.45, 2.75) is 6.42 Å². The SMILES string of the molecule is O=C(CC1CNC1)Nc1cccc(-c2nnco2)c1. The molecular weight excluding hydrogens is 244 g/mol. The van der Waals surface area contributed by atoms with Crippen LogP contribution in [-0.2, 0) is 4.79 Å². The fourth-order valence-electron chi connectivity index (χ4n) is 2.00. The van der Waals surface area contributed by atoms with Gasteiger partial charge in [0, 0.05) is 17.7 Å². The Kier molecular flexibility index (Phi) is 3.24. The quantitative estimate of drug-likeness (QED) is 0.863. The molecule has 1 amide bonds. The van der Waals surface area contributed by atoms with Crippen molar-refractivity contribution in [3.8, 4) is 11.5 Å². The molecule has 2 aromatic rings. The van der Waals surface area contributed by atoms with Gasteiger partial charge >= 0.3 is 0 Å². The summed E-state index contributed by atoms with van der Waals surface area (Å²) in [5.74, 6) is 0.938. The van der Waals surface area contributed by atoms with Gasteiger partial charge in [0.1, 0.15) is 0 Å². The van der Waals surface area contributed by atoms with Gasteiger partial charge in [0.05, 0.1) is 0 Å². The monoisotopic (exact) mass is 258 g/mol. The van der Waals surface area contributed by atoms with Crippen LogP contribution < -0.4 is 10.6 Å². The van der Waals surface area contributed by atoms with Gasteiger partial charge in [0.25, 0.3) is 0 Å². The number of carbonyl (C=O) groups excluding carboxylic acids is 1. The van der Waals surface area contributed by atoms with Crippen LogP contribution in [0.5, 0.6) is 0 Å². The highest BCUT2D eigenvalue weighted by atomic mass is 16.4. The fraction of sp³-hybridized carbons (Fsp3) is 0.308. The highest BCUT2D eigenvalue weighted by Gasteiger charge is 2.20. The average molecular weight is 258 g/mol. The van der Waals surface area contributed by atoms with E-state index in [2.05, 4.69) is 20.8 Å². The van der Waals surface area contributed by atoms with Gasteiger partial charge in [-0.1, -0.05) is 6.07 Å². The molecule has 3 rings (SSSR count). The predicted molar refractivity (Wildman–Crippen MR) is 69.3 cm³/mol. The number of benzene rings is 1. The van der Waals surface area contributed by atoms with E-state index in [1.54, 1.807) is 0 Å². The second-order valence-electron chi connectivity index (χ2n) is 4.60. The smallest absolute Gasteiger partial charge is 0.247 e. The molecule has 0 unspecified atom stereocenters. The Morgan fingerprint density at radius 2 is 2.37 bits per heavy atom. The molecule has 98 valence electrons. The summed E-state index contributed by atoms with van der Waals surface area (Å²) >= 11 is 0. The second kappa shape index (κ2) is 5.19. The minimum atomic E-state index is 0.0363. The zero-order valence-electron chi connectivity index (χ0n) is 10.3. The number of nitrogens with one attached hydrogen (secondary N) is 2. The molecule has 1 aromatic carbocycles. The largest absolute Gasteiger partial charge is 0.423 e. The standard InChI is InChI=1S/C13H14N4O2/c18-12(4-9-6-14-7-9)16-11-3-1-2-10(5-11)13-17-15-8-19-13/h1-3,5,8-9,14H,4,6-7H2,(H,16,18). The lowest BCUT2D eigenvalue weighted by Crippen LogP contribution is -2.43. The first-order valence-electron chi connectivity index (χ1n) is 6.18. The number of nitrogens with zero attached hydrogens (tertiary/aromatic N) is 2. The van der Waals surface area contributed by atoms with Crippen molar-refractivity contribution in [2.75, 3.05) is 18.4 Å². The van der Waals surface area contributed by atoms with Crippen LogP contribution in [-0.4, -0.2) is 29.2 Å². The van der Waals surface area contributed by atoms with E-state index in [0.29, 0.717) is 18.2 Å². The van der Waals surface area contributed by atoms with Crippen molar-refractivity contribution in [2.24, 2.45) is 5.92 Å². The van der Waals surface area contributed by atoms with Crippen LogP contribution in [0.2, 0.25) is 0 Å². The molecule has 6 nitrogen and oxygen atoms in total. The van der Waals surface area contributed by atoms with Crippen LogP contribution in [0.3, 0.4) is 0 Å².